The van der Waals surface area contributed by atoms with Crippen molar-refractivity contribution >= 4 is 28.3 Å². The van der Waals surface area contributed by atoms with Gasteiger partial charge in [-0.1, -0.05) is 0 Å². The van der Waals surface area contributed by atoms with Crippen LogP contribution in [0.3, 0.4) is 0 Å². The molecule has 4 nitrogen and oxygen atoms in total. The summed E-state index contributed by atoms with van der Waals surface area (Å²) in [5.41, 5.74) is 5.24. The largest absolute Gasteiger partial charge is 0.349 e. The van der Waals surface area contributed by atoms with Crippen molar-refractivity contribution < 1.29 is 4.79 Å². The molecule has 0 unspecified atom stereocenters. The Labute approximate surface area is 139 Å². The van der Waals surface area contributed by atoms with Crippen molar-refractivity contribution in [2.24, 2.45) is 0 Å². The monoisotopic (exact) mass is 325 g/mol. The lowest BCUT2D eigenvalue weighted by Gasteiger charge is -2.13. The quantitative estimate of drug-likeness (QED) is 0.796. The Morgan fingerprint density at radius 1 is 1.17 bits per heavy atom. The molecule has 5 heteroatoms. The van der Waals surface area contributed by atoms with Crippen molar-refractivity contribution in [1.82, 2.24) is 15.3 Å². The average Bonchev–Trinajstić information content (AvgIpc) is 3.00. The number of thiophene rings is 1. The fraction of sp³-hybridized carbons (Fsp3) is 0.278. The Kier molecular flexibility index (Phi) is 4.39. The second-order valence-corrected chi connectivity index (χ2v) is 6.59. The van der Waals surface area contributed by atoms with Crippen LogP contribution < -0.4 is 5.32 Å². The lowest BCUT2D eigenvalue weighted by molar-refractivity contribution is 0.0940. The molecule has 3 aromatic rings. The van der Waals surface area contributed by atoms with Gasteiger partial charge in [0, 0.05) is 11.6 Å². The van der Waals surface area contributed by atoms with Crippen LogP contribution in [-0.4, -0.2) is 21.9 Å². The first-order valence-corrected chi connectivity index (χ1v) is 8.54. The van der Waals surface area contributed by atoms with Crippen LogP contribution in [0, 0.1) is 13.8 Å². The molecule has 2 heterocycles. The number of carbonyl (C=O) groups excluding carboxylic acids is 1. The molecule has 118 valence electrons. The van der Waals surface area contributed by atoms with E-state index in [-0.39, 0.29) is 11.9 Å². The van der Waals surface area contributed by atoms with E-state index in [0.717, 1.165) is 28.8 Å². The second kappa shape index (κ2) is 6.46. The molecular formula is C18H19N3OS. The molecule has 0 bridgehead atoms. The molecule has 1 amide bonds. The molecule has 0 aliphatic heterocycles. The molecule has 1 N–H and O–H groups in total. The zero-order chi connectivity index (χ0) is 16.4. The maximum absolute atomic E-state index is 12.4. The van der Waals surface area contributed by atoms with Gasteiger partial charge in [0.05, 0.1) is 22.4 Å². The van der Waals surface area contributed by atoms with E-state index in [1.165, 1.54) is 5.56 Å². The Bertz CT molecular complexity index is 843. The number of benzene rings is 1. The Hall–Kier alpha value is -2.27. The summed E-state index contributed by atoms with van der Waals surface area (Å²) in [6, 6.07) is 7.63. The number of aromatic nitrogens is 2. The van der Waals surface area contributed by atoms with Crippen LogP contribution in [0.1, 0.15) is 34.2 Å². The van der Waals surface area contributed by atoms with Crippen molar-refractivity contribution in [3.63, 3.8) is 0 Å². The fourth-order valence-electron chi connectivity index (χ4n) is 2.49. The number of rotatable bonds is 4. The highest BCUT2D eigenvalue weighted by atomic mass is 32.1. The summed E-state index contributed by atoms with van der Waals surface area (Å²) in [6.45, 7) is 5.88. The molecule has 0 spiro atoms. The molecule has 3 rings (SSSR count). The van der Waals surface area contributed by atoms with Gasteiger partial charge in [-0.3, -0.25) is 4.79 Å². The third-order valence-electron chi connectivity index (χ3n) is 3.84. The molecule has 0 saturated carbocycles. The van der Waals surface area contributed by atoms with Crippen molar-refractivity contribution in [2.75, 3.05) is 0 Å². The zero-order valence-corrected chi connectivity index (χ0v) is 14.3. The number of nitrogens with one attached hydrogen (secondary N) is 1. The first kappa shape index (κ1) is 15.6. The third kappa shape index (κ3) is 3.56. The van der Waals surface area contributed by atoms with Gasteiger partial charge in [0.2, 0.25) is 0 Å². The minimum Gasteiger partial charge on any atom is -0.349 e. The summed E-state index contributed by atoms with van der Waals surface area (Å²) in [5, 5.41) is 7.20. The van der Waals surface area contributed by atoms with Gasteiger partial charge >= 0.3 is 0 Å². The molecule has 0 saturated heterocycles. The van der Waals surface area contributed by atoms with Crippen LogP contribution in [-0.2, 0) is 6.42 Å². The maximum Gasteiger partial charge on any atom is 0.251 e. The second-order valence-electron chi connectivity index (χ2n) is 5.81. The molecule has 1 atom stereocenters. The van der Waals surface area contributed by atoms with Crippen LogP contribution in [0.5, 0.6) is 0 Å². The summed E-state index contributed by atoms with van der Waals surface area (Å²) < 4.78 is 0. The first-order chi connectivity index (χ1) is 11.0. The van der Waals surface area contributed by atoms with Gasteiger partial charge in [-0.2, -0.15) is 11.3 Å². The molecule has 0 aliphatic rings. The molecule has 0 radical (unpaired) electrons. The minimum atomic E-state index is -0.0744. The first-order valence-electron chi connectivity index (χ1n) is 7.60. The molecule has 0 fully saturated rings. The Morgan fingerprint density at radius 3 is 2.61 bits per heavy atom. The number of hydrogen-bond acceptors (Lipinski definition) is 4. The summed E-state index contributed by atoms with van der Waals surface area (Å²) in [7, 11) is 0. The maximum atomic E-state index is 12.4. The average molecular weight is 325 g/mol. The lowest BCUT2D eigenvalue weighted by atomic mass is 10.1. The van der Waals surface area contributed by atoms with Crippen LogP contribution in [0.4, 0.5) is 0 Å². The fourth-order valence-corrected chi connectivity index (χ4v) is 3.17. The van der Waals surface area contributed by atoms with Crippen molar-refractivity contribution in [2.45, 2.75) is 33.2 Å². The highest BCUT2D eigenvalue weighted by Crippen LogP contribution is 2.15. The van der Waals surface area contributed by atoms with Crippen LogP contribution in [0.25, 0.3) is 11.0 Å². The predicted octanol–water partition coefficient (Wildman–Crippen LogP) is 3.67. The van der Waals surface area contributed by atoms with Crippen LogP contribution >= 0.6 is 11.3 Å². The molecule has 1 aromatic carbocycles. The van der Waals surface area contributed by atoms with Gasteiger partial charge in [0.1, 0.15) is 0 Å². The summed E-state index contributed by atoms with van der Waals surface area (Å²) >= 11 is 1.67. The van der Waals surface area contributed by atoms with E-state index in [9.17, 15) is 4.79 Å². The van der Waals surface area contributed by atoms with E-state index in [1.807, 2.05) is 26.8 Å². The highest BCUT2D eigenvalue weighted by Gasteiger charge is 2.12. The topological polar surface area (TPSA) is 54.9 Å². The molecule has 2 aromatic heterocycles. The van der Waals surface area contributed by atoms with E-state index in [1.54, 1.807) is 23.5 Å². The van der Waals surface area contributed by atoms with E-state index in [0.29, 0.717) is 5.56 Å². The van der Waals surface area contributed by atoms with Gasteiger partial charge in [-0.25, -0.2) is 9.97 Å². The summed E-state index contributed by atoms with van der Waals surface area (Å²) in [5.74, 6) is -0.0744. The number of nitrogens with zero attached hydrogens (tertiary/aromatic N) is 2. The van der Waals surface area contributed by atoms with E-state index in [2.05, 4.69) is 32.1 Å². The van der Waals surface area contributed by atoms with Gasteiger partial charge in [0.15, 0.2) is 0 Å². The number of aryl methyl sites for hydroxylation is 2. The predicted molar refractivity (Wildman–Crippen MR) is 94.0 cm³/mol. The number of fused-ring (bicyclic) bond motifs is 1. The zero-order valence-electron chi connectivity index (χ0n) is 13.5. The normalized spacial score (nSPS) is 12.3. The van der Waals surface area contributed by atoms with Crippen LogP contribution in [0.15, 0.2) is 35.0 Å². The van der Waals surface area contributed by atoms with Gasteiger partial charge in [-0.15, -0.1) is 0 Å². The standard InChI is InChI=1S/C18H19N3OS/c1-11(8-14-6-7-23-10-14)19-18(22)15-4-5-16-17(9-15)21-13(3)12(2)20-16/h4-7,9-11H,8H2,1-3H3,(H,19,22)/t11-/m0/s1. The molecular weight excluding hydrogens is 306 g/mol. The van der Waals surface area contributed by atoms with Crippen molar-refractivity contribution in [3.8, 4) is 0 Å². The Balaban J connectivity index is 1.76. The SMILES string of the molecule is Cc1nc2ccc(C(=O)N[C@@H](C)Cc3ccsc3)cc2nc1C. The van der Waals surface area contributed by atoms with Crippen molar-refractivity contribution in [1.29, 1.82) is 0 Å². The summed E-state index contributed by atoms with van der Waals surface area (Å²) in [4.78, 5) is 21.4. The number of hydrogen-bond donors (Lipinski definition) is 1. The third-order valence-corrected chi connectivity index (χ3v) is 4.57. The highest BCUT2D eigenvalue weighted by molar-refractivity contribution is 7.07. The molecule has 0 aliphatic carbocycles. The van der Waals surface area contributed by atoms with E-state index >= 15 is 0 Å². The minimum absolute atomic E-state index is 0.0744. The molecule has 23 heavy (non-hydrogen) atoms. The van der Waals surface area contributed by atoms with E-state index in [4.69, 9.17) is 0 Å². The number of amides is 1. The van der Waals surface area contributed by atoms with Crippen molar-refractivity contribution in [3.05, 3.63) is 57.5 Å². The smallest absolute Gasteiger partial charge is 0.251 e. The number of carbonyl (C=O) groups is 1. The van der Waals surface area contributed by atoms with Gasteiger partial charge in [-0.05, 0) is 67.8 Å². The van der Waals surface area contributed by atoms with E-state index < -0.39 is 0 Å². The summed E-state index contributed by atoms with van der Waals surface area (Å²) in [6.07, 6.45) is 0.834. The Morgan fingerprint density at radius 2 is 1.91 bits per heavy atom. The van der Waals surface area contributed by atoms with Gasteiger partial charge < -0.3 is 5.32 Å². The van der Waals surface area contributed by atoms with Crippen LogP contribution in [0.2, 0.25) is 0 Å². The lowest BCUT2D eigenvalue weighted by Crippen LogP contribution is -2.34. The van der Waals surface area contributed by atoms with Gasteiger partial charge in [0.25, 0.3) is 5.91 Å².